The zero-order valence-electron chi connectivity index (χ0n) is 12.5. The molecule has 0 aliphatic heterocycles. The first kappa shape index (κ1) is 17.6. The summed E-state index contributed by atoms with van der Waals surface area (Å²) in [5, 5.41) is 3.63. The number of amides is 1. The highest BCUT2D eigenvalue weighted by Crippen LogP contribution is 2.31. The summed E-state index contributed by atoms with van der Waals surface area (Å²) in [6.07, 6.45) is -4.41. The van der Waals surface area contributed by atoms with E-state index in [1.807, 2.05) is 0 Å². The van der Waals surface area contributed by atoms with Gasteiger partial charge in [-0.25, -0.2) is 4.98 Å². The number of hydrogen-bond acceptors (Lipinski definition) is 3. The molecule has 1 amide bonds. The van der Waals surface area contributed by atoms with Gasteiger partial charge in [-0.15, -0.1) is 0 Å². The third kappa shape index (κ3) is 4.46. The zero-order chi connectivity index (χ0) is 18.0. The lowest BCUT2D eigenvalue weighted by Crippen LogP contribution is -2.13. The van der Waals surface area contributed by atoms with Gasteiger partial charge < -0.3 is 10.3 Å². The first-order valence-electron chi connectivity index (χ1n) is 7.06. The SMILES string of the molecule is O=C(CSc1nc2ccc(C(F)(F)F)cc2[nH]1)Nc1ccc(Cl)cc1. The number of nitrogens with one attached hydrogen (secondary N) is 2. The summed E-state index contributed by atoms with van der Waals surface area (Å²) in [6.45, 7) is 0. The molecular formula is C16H11ClF3N3OS. The van der Waals surface area contributed by atoms with Crippen molar-refractivity contribution in [2.45, 2.75) is 11.3 Å². The number of hydrogen-bond donors (Lipinski definition) is 2. The minimum atomic E-state index is -4.41. The molecular weight excluding hydrogens is 375 g/mol. The fraction of sp³-hybridized carbons (Fsp3) is 0.125. The summed E-state index contributed by atoms with van der Waals surface area (Å²) in [4.78, 5) is 18.9. The molecule has 0 saturated heterocycles. The number of rotatable bonds is 4. The van der Waals surface area contributed by atoms with Crippen LogP contribution in [0.5, 0.6) is 0 Å². The maximum absolute atomic E-state index is 12.7. The smallest absolute Gasteiger partial charge is 0.333 e. The lowest BCUT2D eigenvalue weighted by Gasteiger charge is -2.05. The van der Waals surface area contributed by atoms with Gasteiger partial charge in [0.15, 0.2) is 5.16 Å². The number of halogens is 4. The van der Waals surface area contributed by atoms with Gasteiger partial charge in [-0.05, 0) is 42.5 Å². The second kappa shape index (κ2) is 6.97. The Kier molecular flexibility index (Phi) is 4.91. The third-order valence-electron chi connectivity index (χ3n) is 3.26. The van der Waals surface area contributed by atoms with Gasteiger partial charge in [-0.2, -0.15) is 13.2 Å². The average Bonchev–Trinajstić information content (AvgIpc) is 2.96. The second-order valence-corrected chi connectivity index (χ2v) is 6.52. The Hall–Kier alpha value is -2.19. The second-order valence-electron chi connectivity index (χ2n) is 5.12. The molecule has 0 fully saturated rings. The number of nitrogens with zero attached hydrogens (tertiary/aromatic N) is 1. The molecule has 3 rings (SSSR count). The third-order valence-corrected chi connectivity index (χ3v) is 4.38. The number of imidazole rings is 1. The molecule has 0 unspecified atom stereocenters. The van der Waals surface area contributed by atoms with Crippen molar-refractivity contribution in [3.8, 4) is 0 Å². The maximum Gasteiger partial charge on any atom is 0.416 e. The van der Waals surface area contributed by atoms with Crippen LogP contribution in [0.3, 0.4) is 0 Å². The molecule has 0 atom stereocenters. The highest BCUT2D eigenvalue weighted by Gasteiger charge is 2.30. The topological polar surface area (TPSA) is 57.8 Å². The highest BCUT2D eigenvalue weighted by atomic mass is 35.5. The van der Waals surface area contributed by atoms with Crippen molar-refractivity contribution in [1.29, 1.82) is 0 Å². The summed E-state index contributed by atoms with van der Waals surface area (Å²) in [5.41, 5.74) is 0.541. The van der Waals surface area contributed by atoms with E-state index < -0.39 is 11.7 Å². The van der Waals surface area contributed by atoms with E-state index in [2.05, 4.69) is 15.3 Å². The van der Waals surface area contributed by atoms with E-state index in [1.54, 1.807) is 24.3 Å². The van der Waals surface area contributed by atoms with Crippen molar-refractivity contribution in [1.82, 2.24) is 9.97 Å². The van der Waals surface area contributed by atoms with Gasteiger partial charge in [0.1, 0.15) is 0 Å². The molecule has 0 saturated carbocycles. The number of aromatic amines is 1. The van der Waals surface area contributed by atoms with Gasteiger partial charge in [0.2, 0.25) is 5.91 Å². The molecule has 0 aliphatic carbocycles. The van der Waals surface area contributed by atoms with Gasteiger partial charge >= 0.3 is 6.18 Å². The number of carbonyl (C=O) groups is 1. The van der Waals surface area contributed by atoms with Crippen molar-refractivity contribution in [2.75, 3.05) is 11.1 Å². The van der Waals surface area contributed by atoms with Gasteiger partial charge in [0.25, 0.3) is 0 Å². The number of aromatic nitrogens is 2. The van der Waals surface area contributed by atoms with E-state index in [4.69, 9.17) is 11.6 Å². The zero-order valence-corrected chi connectivity index (χ0v) is 14.1. The van der Waals surface area contributed by atoms with Crippen molar-refractivity contribution in [3.05, 3.63) is 53.1 Å². The van der Waals surface area contributed by atoms with E-state index in [0.717, 1.165) is 23.9 Å². The Morgan fingerprint density at radius 2 is 1.92 bits per heavy atom. The summed E-state index contributed by atoms with van der Waals surface area (Å²) < 4.78 is 38.1. The first-order valence-corrected chi connectivity index (χ1v) is 8.43. The number of H-pyrrole nitrogens is 1. The van der Waals surface area contributed by atoms with Crippen LogP contribution in [0.1, 0.15) is 5.56 Å². The van der Waals surface area contributed by atoms with Crippen LogP contribution in [0, 0.1) is 0 Å². The van der Waals surface area contributed by atoms with Gasteiger partial charge in [-0.3, -0.25) is 4.79 Å². The largest absolute Gasteiger partial charge is 0.416 e. The lowest BCUT2D eigenvalue weighted by atomic mass is 10.2. The number of alkyl halides is 3. The Balaban J connectivity index is 1.64. The van der Waals surface area contributed by atoms with Crippen molar-refractivity contribution < 1.29 is 18.0 Å². The van der Waals surface area contributed by atoms with Crippen LogP contribution < -0.4 is 5.32 Å². The van der Waals surface area contributed by atoms with Gasteiger partial charge in [-0.1, -0.05) is 23.4 Å². The molecule has 0 aliphatic rings. The van der Waals surface area contributed by atoms with Crippen LogP contribution in [0.15, 0.2) is 47.6 Å². The predicted octanol–water partition coefficient (Wildman–Crippen LogP) is 4.97. The molecule has 9 heteroatoms. The molecule has 3 aromatic rings. The Bertz CT molecular complexity index is 909. The summed E-state index contributed by atoms with van der Waals surface area (Å²) >= 11 is 6.87. The van der Waals surface area contributed by atoms with E-state index in [-0.39, 0.29) is 17.2 Å². The highest BCUT2D eigenvalue weighted by molar-refractivity contribution is 7.99. The fourth-order valence-corrected chi connectivity index (χ4v) is 2.91. The number of anilines is 1. The molecule has 4 nitrogen and oxygen atoms in total. The van der Waals surface area contributed by atoms with Crippen LogP contribution in [0.25, 0.3) is 11.0 Å². The standard InChI is InChI=1S/C16H11ClF3N3OS/c17-10-2-4-11(5-3-10)21-14(24)8-25-15-22-12-6-1-9(16(18,19)20)7-13(12)23-15/h1-7H,8H2,(H,21,24)(H,22,23). The molecule has 2 N–H and O–H groups in total. The molecule has 130 valence electrons. The van der Waals surface area contributed by atoms with Gasteiger partial charge in [0.05, 0.1) is 22.3 Å². The van der Waals surface area contributed by atoms with Crippen LogP contribution in [0.4, 0.5) is 18.9 Å². The molecule has 0 radical (unpaired) electrons. The Labute approximate surface area is 149 Å². The molecule has 25 heavy (non-hydrogen) atoms. The van der Waals surface area contributed by atoms with Crippen molar-refractivity contribution >= 4 is 46.0 Å². The number of fused-ring (bicyclic) bond motifs is 1. The van der Waals surface area contributed by atoms with Crippen molar-refractivity contribution in [3.63, 3.8) is 0 Å². The van der Waals surface area contributed by atoms with E-state index in [9.17, 15) is 18.0 Å². The van der Waals surface area contributed by atoms with E-state index >= 15 is 0 Å². The number of carbonyl (C=O) groups excluding carboxylic acids is 1. The van der Waals surface area contributed by atoms with Crippen molar-refractivity contribution in [2.24, 2.45) is 0 Å². The molecule has 1 aromatic heterocycles. The minimum Gasteiger partial charge on any atom is -0.333 e. The predicted molar refractivity (Wildman–Crippen MR) is 91.9 cm³/mol. The van der Waals surface area contributed by atoms with Crippen LogP contribution in [-0.2, 0) is 11.0 Å². The number of thioether (sulfide) groups is 1. The van der Waals surface area contributed by atoms with Crippen LogP contribution in [-0.4, -0.2) is 21.6 Å². The molecule has 0 bridgehead atoms. The van der Waals surface area contributed by atoms with E-state index in [1.165, 1.54) is 6.07 Å². The first-order chi connectivity index (χ1) is 11.8. The average molecular weight is 386 g/mol. The normalized spacial score (nSPS) is 11.7. The summed E-state index contributed by atoms with van der Waals surface area (Å²) in [5.74, 6) is -0.196. The summed E-state index contributed by atoms with van der Waals surface area (Å²) in [7, 11) is 0. The maximum atomic E-state index is 12.7. The lowest BCUT2D eigenvalue weighted by molar-refractivity contribution is -0.137. The van der Waals surface area contributed by atoms with Gasteiger partial charge in [0, 0.05) is 10.7 Å². The fourth-order valence-electron chi connectivity index (χ4n) is 2.10. The van der Waals surface area contributed by atoms with Crippen LogP contribution >= 0.6 is 23.4 Å². The number of benzene rings is 2. The summed E-state index contributed by atoms with van der Waals surface area (Å²) in [6, 6.07) is 9.93. The quantitative estimate of drug-likeness (QED) is 0.624. The molecule has 1 heterocycles. The molecule has 0 spiro atoms. The minimum absolute atomic E-state index is 0.0641. The monoisotopic (exact) mass is 385 g/mol. The Morgan fingerprint density at radius 3 is 2.60 bits per heavy atom. The van der Waals surface area contributed by atoms with E-state index in [0.29, 0.717) is 21.4 Å². The molecule has 2 aromatic carbocycles. The Morgan fingerprint density at radius 1 is 1.20 bits per heavy atom. The van der Waals surface area contributed by atoms with Crippen LogP contribution in [0.2, 0.25) is 5.02 Å².